The van der Waals surface area contributed by atoms with Gasteiger partial charge < -0.3 is 5.32 Å². The Morgan fingerprint density at radius 1 is 1.22 bits per heavy atom. The average Bonchev–Trinajstić information content (AvgIpc) is 2.84. The molecule has 1 aromatic carbocycles. The molecule has 2 aromatic heterocycles. The van der Waals surface area contributed by atoms with Crippen LogP contribution in [0, 0.1) is 6.92 Å². The molecule has 0 aliphatic heterocycles. The summed E-state index contributed by atoms with van der Waals surface area (Å²) in [5.41, 5.74) is 3.42. The number of aryl methyl sites for hydroxylation is 1. The highest BCUT2D eigenvalue weighted by Crippen LogP contribution is 2.37. The molecule has 1 N–H and O–H groups in total. The van der Waals surface area contributed by atoms with E-state index in [1.54, 1.807) is 17.8 Å². The monoisotopic (exact) mass is 496 g/mol. The molecule has 9 heteroatoms. The first kappa shape index (κ1) is 17.5. The summed E-state index contributed by atoms with van der Waals surface area (Å²) in [5.74, 6) is 0.923. The van der Waals surface area contributed by atoms with Crippen LogP contribution in [0.15, 0.2) is 29.2 Å². The van der Waals surface area contributed by atoms with Gasteiger partial charge in [-0.3, -0.25) is 4.34 Å². The first-order chi connectivity index (χ1) is 11.0. The number of fused-ring (bicyclic) bond motifs is 1. The fourth-order valence-corrected chi connectivity index (χ4v) is 5.39. The molecule has 0 spiro atoms. The maximum atomic E-state index is 6.21. The van der Waals surface area contributed by atoms with Gasteiger partial charge in [0.1, 0.15) is 16.5 Å². The molecule has 23 heavy (non-hydrogen) atoms. The van der Waals surface area contributed by atoms with Crippen LogP contribution < -0.4 is 5.32 Å². The van der Waals surface area contributed by atoms with Gasteiger partial charge in [-0.1, -0.05) is 23.2 Å². The molecular formula is C14H12Cl2IN4PS. The fourth-order valence-electron chi connectivity index (χ4n) is 2.24. The highest BCUT2D eigenvalue weighted by Gasteiger charge is 2.15. The van der Waals surface area contributed by atoms with Crippen molar-refractivity contribution < 1.29 is 0 Å². The minimum Gasteiger partial charge on any atom is -0.353 e. The zero-order valence-corrected chi connectivity index (χ0v) is 17.7. The molecule has 0 amide bonds. The Bertz CT molecular complexity index is 887. The number of rotatable bonds is 4. The van der Waals surface area contributed by atoms with Crippen LogP contribution in [0.2, 0.25) is 10.2 Å². The molecule has 3 rings (SSSR count). The maximum absolute atomic E-state index is 6.21. The Balaban J connectivity index is 2.14. The summed E-state index contributed by atoms with van der Waals surface area (Å²) in [5, 5.41) is 4.57. The fraction of sp³-hybridized carbons (Fsp3) is 0.143. The number of pyridine rings is 1. The van der Waals surface area contributed by atoms with Crippen molar-refractivity contribution in [3.8, 4) is 0 Å². The molecule has 3 aromatic rings. The van der Waals surface area contributed by atoms with Crippen molar-refractivity contribution in [1.29, 1.82) is 0 Å². The minimum atomic E-state index is 0.440. The predicted molar refractivity (Wildman–Crippen MR) is 112 cm³/mol. The number of benzene rings is 1. The van der Waals surface area contributed by atoms with E-state index in [9.17, 15) is 0 Å². The molecule has 0 radical (unpaired) electrons. The number of thioether (sulfide) groups is 1. The lowest BCUT2D eigenvalue weighted by atomic mass is 10.3. The van der Waals surface area contributed by atoms with Crippen LogP contribution in [-0.4, -0.2) is 20.6 Å². The topological polar surface area (TPSA) is 42.7 Å². The Labute approximate surface area is 163 Å². The van der Waals surface area contributed by atoms with Crippen molar-refractivity contribution in [3.63, 3.8) is 0 Å². The number of imidazole rings is 1. The van der Waals surface area contributed by atoms with Crippen LogP contribution in [0.3, 0.4) is 0 Å². The number of nitrogens with one attached hydrogen (secondary N) is 1. The van der Waals surface area contributed by atoms with E-state index in [0.717, 1.165) is 33.3 Å². The highest BCUT2D eigenvalue weighted by molar-refractivity contribution is 14.2. The first-order valence-electron chi connectivity index (χ1n) is 6.56. The van der Waals surface area contributed by atoms with Crippen molar-refractivity contribution >= 4 is 85.9 Å². The second-order valence-corrected chi connectivity index (χ2v) is 8.45. The second-order valence-electron chi connectivity index (χ2n) is 4.71. The highest BCUT2D eigenvalue weighted by atomic mass is 127. The maximum Gasteiger partial charge on any atom is 0.167 e. The van der Waals surface area contributed by atoms with Gasteiger partial charge in [-0.05, 0) is 53.4 Å². The van der Waals surface area contributed by atoms with Crippen molar-refractivity contribution in [2.45, 2.75) is 11.8 Å². The number of nitrogens with zero attached hydrogens (tertiary/aromatic N) is 3. The first-order valence-corrected chi connectivity index (χ1v) is 12.6. The standard InChI is InChI=1S/C14H12Cl2IN4PS/c1-7-18-13-10(6-12(16)20-14(13)21(7)22-17)19-9-4-3-8(15)5-11(9)23-2/h3-6,22H,1-2H3,(H,19,20). The van der Waals surface area contributed by atoms with Gasteiger partial charge in [0.15, 0.2) is 5.65 Å². The summed E-state index contributed by atoms with van der Waals surface area (Å²) >= 11 is 16.2. The zero-order valence-electron chi connectivity index (χ0n) is 12.2. The van der Waals surface area contributed by atoms with Gasteiger partial charge in [-0.15, -0.1) is 11.8 Å². The van der Waals surface area contributed by atoms with E-state index < -0.39 is 0 Å². The molecule has 0 aliphatic rings. The van der Waals surface area contributed by atoms with Gasteiger partial charge in [0.2, 0.25) is 0 Å². The van der Waals surface area contributed by atoms with E-state index in [1.807, 2.05) is 31.4 Å². The van der Waals surface area contributed by atoms with Crippen molar-refractivity contribution in [1.82, 2.24) is 14.3 Å². The Morgan fingerprint density at radius 3 is 2.70 bits per heavy atom. The molecule has 1 unspecified atom stereocenters. The van der Waals surface area contributed by atoms with Gasteiger partial charge in [0.05, 0.1) is 17.7 Å². The molecule has 0 fully saturated rings. The predicted octanol–water partition coefficient (Wildman–Crippen LogP) is 6.30. The molecular weight excluding hydrogens is 485 g/mol. The molecule has 0 saturated heterocycles. The van der Waals surface area contributed by atoms with E-state index in [-0.39, 0.29) is 0 Å². The van der Waals surface area contributed by atoms with Gasteiger partial charge in [-0.25, -0.2) is 9.97 Å². The van der Waals surface area contributed by atoms with Crippen molar-refractivity contribution in [2.75, 3.05) is 11.6 Å². The Morgan fingerprint density at radius 2 is 2.00 bits per heavy atom. The van der Waals surface area contributed by atoms with Gasteiger partial charge in [0.25, 0.3) is 0 Å². The summed E-state index contributed by atoms with van der Waals surface area (Å²) < 4.78 is 2.06. The molecule has 0 aliphatic carbocycles. The third-order valence-corrected chi connectivity index (χ3v) is 6.63. The number of halogens is 3. The summed E-state index contributed by atoms with van der Waals surface area (Å²) in [6.07, 6.45) is 2.53. The van der Waals surface area contributed by atoms with Gasteiger partial charge in [0, 0.05) is 16.0 Å². The second kappa shape index (κ2) is 7.31. The summed E-state index contributed by atoms with van der Waals surface area (Å²) in [6.45, 7) is 1.97. The Kier molecular flexibility index (Phi) is 5.58. The van der Waals surface area contributed by atoms with Gasteiger partial charge in [-0.2, -0.15) is 0 Å². The van der Waals surface area contributed by atoms with Crippen LogP contribution >= 0.6 is 63.4 Å². The number of hydrogen-bond donors (Lipinski definition) is 1. The van der Waals surface area contributed by atoms with Crippen LogP contribution in [0.1, 0.15) is 5.82 Å². The summed E-state index contributed by atoms with van der Waals surface area (Å²) in [6, 6.07) is 7.55. The van der Waals surface area contributed by atoms with Gasteiger partial charge >= 0.3 is 0 Å². The lowest BCUT2D eigenvalue weighted by molar-refractivity contribution is 1.10. The van der Waals surface area contributed by atoms with E-state index in [2.05, 4.69) is 41.7 Å². The molecule has 4 nitrogen and oxygen atoms in total. The normalized spacial score (nSPS) is 11.7. The van der Waals surface area contributed by atoms with E-state index >= 15 is 0 Å². The van der Waals surface area contributed by atoms with Crippen LogP contribution in [0.5, 0.6) is 0 Å². The summed E-state index contributed by atoms with van der Waals surface area (Å²) in [4.78, 5) is 10.1. The average molecular weight is 497 g/mol. The molecule has 2 heterocycles. The number of hydrogen-bond acceptors (Lipinski definition) is 4. The molecule has 120 valence electrons. The third kappa shape index (κ3) is 3.56. The van der Waals surface area contributed by atoms with Crippen LogP contribution in [0.25, 0.3) is 11.2 Å². The largest absolute Gasteiger partial charge is 0.353 e. The van der Waals surface area contributed by atoms with Crippen molar-refractivity contribution in [2.24, 2.45) is 0 Å². The quantitative estimate of drug-likeness (QED) is 0.199. The third-order valence-electron chi connectivity index (χ3n) is 3.27. The number of aromatic nitrogens is 3. The van der Waals surface area contributed by atoms with Crippen molar-refractivity contribution in [3.05, 3.63) is 40.3 Å². The smallest absolute Gasteiger partial charge is 0.167 e. The minimum absolute atomic E-state index is 0.440. The SMILES string of the molecule is CSc1cc(Cl)ccc1Nc1cc(Cl)nc2c1nc(C)n2PI. The zero-order chi connectivity index (χ0) is 16.6. The molecule has 0 bridgehead atoms. The van der Waals surface area contributed by atoms with Crippen LogP contribution in [-0.2, 0) is 0 Å². The number of anilines is 2. The van der Waals surface area contributed by atoms with Crippen LogP contribution in [0.4, 0.5) is 11.4 Å². The lowest BCUT2D eigenvalue weighted by Crippen LogP contribution is -1.95. The van der Waals surface area contributed by atoms with E-state index in [4.69, 9.17) is 23.2 Å². The molecule has 1 atom stereocenters. The van der Waals surface area contributed by atoms with E-state index in [1.165, 1.54) is 0 Å². The van der Waals surface area contributed by atoms with E-state index in [0.29, 0.717) is 16.5 Å². The Hall–Kier alpha value is -0.270. The summed E-state index contributed by atoms with van der Waals surface area (Å²) in [7, 11) is 0. The lowest BCUT2D eigenvalue weighted by Gasteiger charge is -2.12. The molecule has 0 saturated carbocycles.